The molecule has 3 fully saturated rings. The molecule has 0 aliphatic carbocycles. The van der Waals surface area contributed by atoms with Crippen LogP contribution < -0.4 is 5.32 Å². The average Bonchev–Trinajstić information content (AvgIpc) is 0.780. The van der Waals surface area contributed by atoms with Crippen molar-refractivity contribution in [2.45, 2.75) is 381 Å². The van der Waals surface area contributed by atoms with E-state index in [1.54, 1.807) is 6.08 Å². The number of aliphatic hydroxyl groups is 11. The maximum Gasteiger partial charge on any atom is 0.220 e. The van der Waals surface area contributed by atoms with Crippen molar-refractivity contribution in [3.8, 4) is 0 Å². The van der Waals surface area contributed by atoms with Crippen LogP contribution in [-0.2, 0) is 33.2 Å². The van der Waals surface area contributed by atoms with Gasteiger partial charge >= 0.3 is 0 Å². The van der Waals surface area contributed by atoms with Crippen LogP contribution in [0.1, 0.15) is 277 Å². The van der Waals surface area contributed by atoms with Gasteiger partial charge in [-0.2, -0.15) is 0 Å². The number of unbranched alkanes of at least 4 members (excludes halogenated alkanes) is 26. The first-order valence-electron chi connectivity index (χ1n) is 42.7. The quantitative estimate of drug-likeness (QED) is 0.0199. The maximum atomic E-state index is 13.5. The molecule has 0 aromatic carbocycles. The van der Waals surface area contributed by atoms with Crippen molar-refractivity contribution in [3.63, 3.8) is 0 Å². The highest BCUT2D eigenvalue weighted by Gasteiger charge is 2.54. The molecular weight excluding hydrogens is 1390 g/mol. The highest BCUT2D eigenvalue weighted by atomic mass is 16.8. The Labute approximate surface area is 663 Å². The number of hydrogen-bond donors (Lipinski definition) is 12. The van der Waals surface area contributed by atoms with Crippen molar-refractivity contribution < 1.29 is 89.4 Å². The number of allylic oxidation sites excluding steroid dienone is 25. The van der Waals surface area contributed by atoms with Gasteiger partial charge in [0.2, 0.25) is 5.91 Å². The van der Waals surface area contributed by atoms with E-state index >= 15 is 0 Å². The van der Waals surface area contributed by atoms with Gasteiger partial charge < -0.3 is 89.9 Å². The fraction of sp³-hybridized carbons (Fsp3) is 0.703. The number of carbonyl (C=O) groups is 1. The maximum absolute atomic E-state index is 13.5. The molecule has 17 unspecified atom stereocenters. The third-order valence-corrected chi connectivity index (χ3v) is 20.1. The standard InChI is InChI=1S/C91H151NO18/c1-3-5-7-9-11-13-15-17-19-21-23-25-27-29-31-32-33-34-35-36-37-38-39-40-41-42-43-45-47-49-51-53-55-57-59-61-63-65-67-69-79(97)92-74(75(96)68-66-64-62-60-58-56-54-52-50-48-46-44-30-28-26-24-22-20-18-16-14-12-10-8-6-4-2)73-105-89-85(103)82(100)87(77(71-94)107-89)110-91-86(104)83(101)88(78(72-95)108-91)109-90-84(102)81(99)80(98)76(70-93)106-90/h5,7,11,13,17,19,23,25,29,31,33-34,36-37,39-40,42-43,47,49,53,55,59,61,66,68,74-78,80-91,93-96,98-104H,3-4,6,8-10,12,14-16,18,20-22,24,26-28,30,32,35,38,41,44-46,48,50-52,54,56-58,60,62-65,67,69-73H2,1-2H3,(H,92,97)/b7-5-,13-11-,19-17-,25-23-,31-29-,34-33-,37-36-,40-39-,43-42-,49-47-,55-53-,61-59-,68-66+. The molecule has 3 aliphatic rings. The van der Waals surface area contributed by atoms with Gasteiger partial charge in [-0.3, -0.25) is 4.79 Å². The smallest absolute Gasteiger partial charge is 0.220 e. The lowest BCUT2D eigenvalue weighted by Gasteiger charge is -2.48. The van der Waals surface area contributed by atoms with E-state index in [0.29, 0.717) is 6.42 Å². The Hall–Kier alpha value is -4.59. The van der Waals surface area contributed by atoms with Crippen molar-refractivity contribution in [2.24, 2.45) is 0 Å². The van der Waals surface area contributed by atoms with Gasteiger partial charge in [0.15, 0.2) is 18.9 Å². The van der Waals surface area contributed by atoms with Crippen LogP contribution in [-0.4, -0.2) is 193 Å². The second-order valence-electron chi connectivity index (χ2n) is 29.6. The zero-order valence-electron chi connectivity index (χ0n) is 67.4. The number of ether oxygens (including phenoxy) is 6. The summed E-state index contributed by atoms with van der Waals surface area (Å²) in [4.78, 5) is 13.5. The number of amides is 1. The molecule has 0 bridgehead atoms. The minimum Gasteiger partial charge on any atom is -0.394 e. The Morgan fingerprint density at radius 2 is 0.627 bits per heavy atom. The van der Waals surface area contributed by atoms with Crippen LogP contribution in [0.15, 0.2) is 158 Å². The lowest BCUT2D eigenvalue weighted by atomic mass is 9.96. The lowest BCUT2D eigenvalue weighted by molar-refractivity contribution is -0.379. The zero-order valence-corrected chi connectivity index (χ0v) is 67.4. The number of rotatable bonds is 66. The minimum atomic E-state index is -1.99. The Bertz CT molecular complexity index is 2610. The number of hydrogen-bond acceptors (Lipinski definition) is 18. The van der Waals surface area contributed by atoms with E-state index in [-0.39, 0.29) is 18.9 Å². The average molecular weight is 1550 g/mol. The highest BCUT2D eigenvalue weighted by molar-refractivity contribution is 5.76. The van der Waals surface area contributed by atoms with Crippen LogP contribution in [0.3, 0.4) is 0 Å². The molecule has 19 nitrogen and oxygen atoms in total. The minimum absolute atomic E-state index is 0.178. The van der Waals surface area contributed by atoms with E-state index in [2.05, 4.69) is 165 Å². The van der Waals surface area contributed by atoms with Crippen molar-refractivity contribution >= 4 is 5.91 Å². The van der Waals surface area contributed by atoms with Crippen LogP contribution in [0.5, 0.6) is 0 Å². The van der Waals surface area contributed by atoms with Crippen LogP contribution in [0.4, 0.5) is 0 Å². The summed E-state index contributed by atoms with van der Waals surface area (Å²) in [5.41, 5.74) is 0. The van der Waals surface area contributed by atoms with Gasteiger partial charge in [0, 0.05) is 6.42 Å². The van der Waals surface area contributed by atoms with Crippen LogP contribution >= 0.6 is 0 Å². The van der Waals surface area contributed by atoms with E-state index in [4.69, 9.17) is 28.4 Å². The SMILES string of the molecule is CC/C=C\C/C=C\C/C=C\C/C=C\C/C=C\C/C=C\C/C=C\C/C=C\C/C=C\C/C=C\C/C=C\C/C=C\CCCCC(=O)NC(COC1OC(CO)C(OC2OC(CO)C(OC3OC(CO)C(O)C(O)C3O)C(O)C2O)C(O)C1O)C(O)/C=C/CCCCCCCCCCCCCCCCCCCCCCCCCC. The first-order valence-corrected chi connectivity index (χ1v) is 42.7. The van der Waals surface area contributed by atoms with Crippen molar-refractivity contribution in [2.75, 3.05) is 26.4 Å². The topological polar surface area (TPSA) is 307 Å². The summed E-state index contributed by atoms with van der Waals surface area (Å²) in [6.45, 7) is 1.60. The van der Waals surface area contributed by atoms with Crippen molar-refractivity contribution in [1.82, 2.24) is 5.32 Å². The summed E-state index contributed by atoms with van der Waals surface area (Å²) < 4.78 is 34.4. The Balaban J connectivity index is 1.38. The molecule has 12 N–H and O–H groups in total. The number of nitrogens with one attached hydrogen (secondary N) is 1. The molecule has 3 aliphatic heterocycles. The molecule has 110 heavy (non-hydrogen) atoms. The highest BCUT2D eigenvalue weighted by Crippen LogP contribution is 2.33. The normalized spacial score (nSPS) is 26.0. The predicted molar refractivity (Wildman–Crippen MR) is 442 cm³/mol. The van der Waals surface area contributed by atoms with Gasteiger partial charge in [0.25, 0.3) is 0 Å². The Morgan fingerprint density at radius 1 is 0.336 bits per heavy atom. The molecule has 0 radical (unpaired) electrons. The van der Waals surface area contributed by atoms with Crippen LogP contribution in [0, 0.1) is 0 Å². The fourth-order valence-corrected chi connectivity index (χ4v) is 13.3. The monoisotopic (exact) mass is 1550 g/mol. The Kier molecular flexibility index (Phi) is 62.3. The molecule has 628 valence electrons. The molecule has 1 amide bonds. The first-order chi connectivity index (χ1) is 53.8. The van der Waals surface area contributed by atoms with E-state index in [0.717, 1.165) is 116 Å². The summed E-state index contributed by atoms with van der Waals surface area (Å²) in [6.07, 6.45) is 75.1. The second-order valence-corrected chi connectivity index (χ2v) is 29.6. The van der Waals surface area contributed by atoms with Gasteiger partial charge in [-0.25, -0.2) is 0 Å². The largest absolute Gasteiger partial charge is 0.394 e. The molecule has 17 atom stereocenters. The van der Waals surface area contributed by atoms with E-state index in [9.17, 15) is 61.0 Å². The zero-order chi connectivity index (χ0) is 79.5. The molecular formula is C91H151NO18. The van der Waals surface area contributed by atoms with E-state index < -0.39 is 124 Å². The van der Waals surface area contributed by atoms with Gasteiger partial charge in [-0.05, 0) is 109 Å². The van der Waals surface area contributed by atoms with E-state index in [1.807, 2.05) is 6.08 Å². The lowest BCUT2D eigenvalue weighted by Crippen LogP contribution is -2.66. The van der Waals surface area contributed by atoms with Gasteiger partial charge in [0.1, 0.15) is 73.2 Å². The second kappa shape index (κ2) is 68.8. The summed E-state index contributed by atoms with van der Waals surface area (Å²) in [7, 11) is 0. The molecule has 0 spiro atoms. The molecule has 19 heteroatoms. The third kappa shape index (κ3) is 47.3. The van der Waals surface area contributed by atoms with Crippen LogP contribution in [0.25, 0.3) is 0 Å². The van der Waals surface area contributed by atoms with Gasteiger partial charge in [0.05, 0.1) is 38.6 Å². The van der Waals surface area contributed by atoms with E-state index in [1.165, 1.54) is 135 Å². The van der Waals surface area contributed by atoms with Crippen molar-refractivity contribution in [1.29, 1.82) is 0 Å². The molecule has 3 saturated heterocycles. The summed E-state index contributed by atoms with van der Waals surface area (Å²) in [6, 6.07) is -1.01. The van der Waals surface area contributed by atoms with Gasteiger partial charge in [-0.1, -0.05) is 320 Å². The summed E-state index contributed by atoms with van der Waals surface area (Å²) in [5.74, 6) is -0.321. The third-order valence-electron chi connectivity index (χ3n) is 20.1. The first kappa shape index (κ1) is 99.6. The Morgan fingerprint density at radius 3 is 0.982 bits per heavy atom. The van der Waals surface area contributed by atoms with Crippen LogP contribution in [0.2, 0.25) is 0 Å². The van der Waals surface area contributed by atoms with Crippen molar-refractivity contribution in [3.05, 3.63) is 158 Å². The molecule has 3 rings (SSSR count). The molecule has 0 saturated carbocycles. The van der Waals surface area contributed by atoms with Gasteiger partial charge in [-0.15, -0.1) is 0 Å². The molecule has 0 aromatic heterocycles. The predicted octanol–water partition coefficient (Wildman–Crippen LogP) is 15.6. The molecule has 3 heterocycles. The number of aliphatic hydroxyl groups excluding tert-OH is 11. The molecule has 0 aromatic rings. The fourth-order valence-electron chi connectivity index (χ4n) is 13.3. The summed E-state index contributed by atoms with van der Waals surface area (Å²) >= 11 is 0. The summed E-state index contributed by atoms with van der Waals surface area (Å²) in [5, 5.41) is 121. The number of carbonyl (C=O) groups excluding carboxylic acids is 1.